The Kier molecular flexibility index (Phi) is 4.79. The van der Waals surface area contributed by atoms with Crippen molar-refractivity contribution in [2.75, 3.05) is 5.32 Å². The number of aliphatic carboxylic acids is 1. The Balaban J connectivity index is 2.63. The minimum Gasteiger partial charge on any atom is -0.481 e. The Morgan fingerprint density at radius 1 is 1.44 bits per heavy atom. The minimum absolute atomic E-state index is 0.0456. The molecule has 1 rings (SSSR count). The summed E-state index contributed by atoms with van der Waals surface area (Å²) in [4.78, 5) is 26.1. The number of carboxylic acid groups (broad SMARTS) is 1. The second-order valence-corrected chi connectivity index (χ2v) is 4.37. The standard InChI is InChI=1S/C12H17N3O3/c1-7(2)11(13)12(18)15-9-4-3-8(14-6-9)5-10(16)17/h3-4,6-7,11H,5,13H2,1-2H3,(H,15,18)(H,16,17)/t11-/m0/s1. The number of aromatic nitrogens is 1. The van der Waals surface area contributed by atoms with E-state index >= 15 is 0 Å². The molecule has 0 fully saturated rings. The van der Waals surface area contributed by atoms with Crippen LogP contribution in [0.4, 0.5) is 5.69 Å². The lowest BCUT2D eigenvalue weighted by Crippen LogP contribution is -2.39. The van der Waals surface area contributed by atoms with Gasteiger partial charge in [-0.25, -0.2) is 0 Å². The van der Waals surface area contributed by atoms with E-state index in [1.54, 1.807) is 12.1 Å². The van der Waals surface area contributed by atoms with E-state index in [0.29, 0.717) is 11.4 Å². The van der Waals surface area contributed by atoms with Gasteiger partial charge in [-0.2, -0.15) is 0 Å². The lowest BCUT2D eigenvalue weighted by Gasteiger charge is -2.15. The third-order valence-electron chi connectivity index (χ3n) is 2.45. The summed E-state index contributed by atoms with van der Waals surface area (Å²) < 4.78 is 0. The van der Waals surface area contributed by atoms with Crippen molar-refractivity contribution in [3.05, 3.63) is 24.0 Å². The predicted octanol–water partition coefficient (Wildman–Crippen LogP) is 0.630. The van der Waals surface area contributed by atoms with Gasteiger partial charge in [0.05, 0.1) is 30.0 Å². The van der Waals surface area contributed by atoms with Gasteiger partial charge in [-0.3, -0.25) is 14.6 Å². The van der Waals surface area contributed by atoms with Crippen LogP contribution >= 0.6 is 0 Å². The molecule has 0 aliphatic rings. The summed E-state index contributed by atoms with van der Waals surface area (Å²) in [6.45, 7) is 3.72. The molecule has 1 heterocycles. The van der Waals surface area contributed by atoms with Crippen molar-refractivity contribution in [2.45, 2.75) is 26.3 Å². The highest BCUT2D eigenvalue weighted by molar-refractivity contribution is 5.94. The number of hydrogen-bond donors (Lipinski definition) is 3. The zero-order chi connectivity index (χ0) is 13.7. The Morgan fingerprint density at radius 3 is 2.56 bits per heavy atom. The molecule has 0 spiro atoms. The van der Waals surface area contributed by atoms with Crippen molar-refractivity contribution in [1.82, 2.24) is 4.98 Å². The average molecular weight is 251 g/mol. The van der Waals surface area contributed by atoms with Crippen LogP contribution in [0, 0.1) is 5.92 Å². The zero-order valence-electron chi connectivity index (χ0n) is 10.4. The van der Waals surface area contributed by atoms with Crippen LogP contribution < -0.4 is 11.1 Å². The number of carbonyl (C=O) groups excluding carboxylic acids is 1. The third kappa shape index (κ3) is 4.14. The number of carboxylic acids is 1. The fraction of sp³-hybridized carbons (Fsp3) is 0.417. The number of anilines is 1. The van der Waals surface area contributed by atoms with Gasteiger partial charge in [0.1, 0.15) is 0 Å². The Labute approximate surface area is 105 Å². The van der Waals surface area contributed by atoms with Gasteiger partial charge in [0, 0.05) is 0 Å². The summed E-state index contributed by atoms with van der Waals surface area (Å²) in [6.07, 6.45) is 1.28. The molecule has 0 radical (unpaired) electrons. The lowest BCUT2D eigenvalue weighted by molar-refractivity contribution is -0.136. The topological polar surface area (TPSA) is 105 Å². The minimum atomic E-state index is -0.943. The number of nitrogens with two attached hydrogens (primary N) is 1. The molecule has 0 bridgehead atoms. The number of rotatable bonds is 5. The van der Waals surface area contributed by atoms with Crippen LogP contribution in [0.5, 0.6) is 0 Å². The van der Waals surface area contributed by atoms with Crippen LogP contribution in [0.3, 0.4) is 0 Å². The maximum Gasteiger partial charge on any atom is 0.309 e. The molecule has 6 heteroatoms. The number of amides is 1. The number of nitrogens with one attached hydrogen (secondary N) is 1. The summed E-state index contributed by atoms with van der Waals surface area (Å²) in [7, 11) is 0. The summed E-state index contributed by atoms with van der Waals surface area (Å²) in [6, 6.07) is 2.59. The van der Waals surface area contributed by atoms with E-state index in [-0.39, 0.29) is 18.2 Å². The van der Waals surface area contributed by atoms with Crippen molar-refractivity contribution >= 4 is 17.6 Å². The van der Waals surface area contributed by atoms with Crippen LogP contribution in [0.2, 0.25) is 0 Å². The molecule has 0 aliphatic heterocycles. The number of nitrogens with zero attached hydrogens (tertiary/aromatic N) is 1. The first kappa shape index (κ1) is 14.1. The van der Waals surface area contributed by atoms with E-state index in [1.165, 1.54) is 6.20 Å². The van der Waals surface area contributed by atoms with Gasteiger partial charge in [0.2, 0.25) is 5.91 Å². The maximum atomic E-state index is 11.7. The molecule has 0 saturated carbocycles. The van der Waals surface area contributed by atoms with Gasteiger partial charge < -0.3 is 16.2 Å². The monoisotopic (exact) mass is 251 g/mol. The summed E-state index contributed by atoms with van der Waals surface area (Å²) in [5.41, 5.74) is 6.64. The third-order valence-corrected chi connectivity index (χ3v) is 2.45. The quantitative estimate of drug-likeness (QED) is 0.711. The molecule has 0 saturated heterocycles. The van der Waals surface area contributed by atoms with Gasteiger partial charge in [0.15, 0.2) is 0 Å². The first-order chi connectivity index (χ1) is 8.40. The molecule has 0 unspecified atom stereocenters. The van der Waals surface area contributed by atoms with Crippen molar-refractivity contribution in [1.29, 1.82) is 0 Å². The molecule has 1 aromatic rings. The predicted molar refractivity (Wildman–Crippen MR) is 67.0 cm³/mol. The maximum absolute atomic E-state index is 11.7. The summed E-state index contributed by atoms with van der Waals surface area (Å²) in [5.74, 6) is -1.18. The Bertz CT molecular complexity index is 429. The zero-order valence-corrected chi connectivity index (χ0v) is 10.4. The smallest absolute Gasteiger partial charge is 0.309 e. The summed E-state index contributed by atoms with van der Waals surface area (Å²) >= 11 is 0. The summed E-state index contributed by atoms with van der Waals surface area (Å²) in [5, 5.41) is 11.2. The number of hydrogen-bond acceptors (Lipinski definition) is 4. The van der Waals surface area contributed by atoms with Crippen molar-refractivity contribution < 1.29 is 14.7 Å². The molecule has 0 aliphatic carbocycles. The Hall–Kier alpha value is -1.95. The van der Waals surface area contributed by atoms with Crippen LogP contribution in [0.1, 0.15) is 19.5 Å². The molecule has 4 N–H and O–H groups in total. The molecule has 1 atom stereocenters. The van der Waals surface area contributed by atoms with Gasteiger partial charge in [-0.1, -0.05) is 13.8 Å². The largest absolute Gasteiger partial charge is 0.481 e. The molecule has 1 aromatic heterocycles. The first-order valence-electron chi connectivity index (χ1n) is 5.63. The molecule has 6 nitrogen and oxygen atoms in total. The fourth-order valence-electron chi connectivity index (χ4n) is 1.29. The Morgan fingerprint density at radius 2 is 2.11 bits per heavy atom. The highest BCUT2D eigenvalue weighted by Crippen LogP contribution is 2.08. The van der Waals surface area contributed by atoms with Crippen molar-refractivity contribution in [2.24, 2.45) is 11.7 Å². The SMILES string of the molecule is CC(C)[C@H](N)C(=O)Nc1ccc(CC(=O)O)nc1. The highest BCUT2D eigenvalue weighted by atomic mass is 16.4. The van der Waals surface area contributed by atoms with Gasteiger partial charge in [-0.05, 0) is 18.1 Å². The second kappa shape index (κ2) is 6.11. The molecule has 98 valence electrons. The van der Waals surface area contributed by atoms with E-state index in [1.807, 2.05) is 13.8 Å². The molecular formula is C12H17N3O3. The van der Waals surface area contributed by atoms with Crippen molar-refractivity contribution in [3.63, 3.8) is 0 Å². The second-order valence-electron chi connectivity index (χ2n) is 4.37. The number of pyridine rings is 1. The van der Waals surface area contributed by atoms with Gasteiger partial charge in [0.25, 0.3) is 0 Å². The molecule has 18 heavy (non-hydrogen) atoms. The van der Waals surface area contributed by atoms with Crippen LogP contribution in [-0.4, -0.2) is 28.0 Å². The van der Waals surface area contributed by atoms with E-state index in [2.05, 4.69) is 10.3 Å². The van der Waals surface area contributed by atoms with E-state index in [9.17, 15) is 9.59 Å². The van der Waals surface area contributed by atoms with E-state index in [4.69, 9.17) is 10.8 Å². The molecule has 0 aromatic carbocycles. The molecular weight excluding hydrogens is 234 g/mol. The van der Waals surface area contributed by atoms with Crippen LogP contribution in [0.15, 0.2) is 18.3 Å². The van der Waals surface area contributed by atoms with E-state index < -0.39 is 12.0 Å². The van der Waals surface area contributed by atoms with Gasteiger partial charge in [-0.15, -0.1) is 0 Å². The lowest BCUT2D eigenvalue weighted by atomic mass is 10.1. The van der Waals surface area contributed by atoms with Gasteiger partial charge >= 0.3 is 5.97 Å². The number of carbonyl (C=O) groups is 2. The first-order valence-corrected chi connectivity index (χ1v) is 5.63. The molecule has 1 amide bonds. The normalized spacial score (nSPS) is 12.2. The average Bonchev–Trinajstić information content (AvgIpc) is 2.29. The van der Waals surface area contributed by atoms with Crippen molar-refractivity contribution in [3.8, 4) is 0 Å². The fourth-order valence-corrected chi connectivity index (χ4v) is 1.29. The van der Waals surface area contributed by atoms with Crippen LogP contribution in [0.25, 0.3) is 0 Å². The van der Waals surface area contributed by atoms with E-state index in [0.717, 1.165) is 0 Å². The highest BCUT2D eigenvalue weighted by Gasteiger charge is 2.17. The van der Waals surface area contributed by atoms with Crippen LogP contribution in [-0.2, 0) is 16.0 Å².